The highest BCUT2D eigenvalue weighted by Crippen LogP contribution is 2.19. The third kappa shape index (κ3) is 3.77. The molecule has 2 rings (SSSR count). The van der Waals surface area contributed by atoms with E-state index in [9.17, 15) is 23.5 Å². The van der Waals surface area contributed by atoms with Gasteiger partial charge in [-0.1, -0.05) is 18.9 Å². The first-order valence-corrected chi connectivity index (χ1v) is 6.95. The summed E-state index contributed by atoms with van der Waals surface area (Å²) in [5.74, 6) is -2.97. The third-order valence-corrected chi connectivity index (χ3v) is 3.71. The molecule has 0 aliphatic carbocycles. The van der Waals surface area contributed by atoms with Gasteiger partial charge in [-0.2, -0.15) is 0 Å². The molecule has 21 heavy (non-hydrogen) atoms. The van der Waals surface area contributed by atoms with Crippen LogP contribution in [0.1, 0.15) is 31.2 Å². The van der Waals surface area contributed by atoms with E-state index in [-0.39, 0.29) is 12.0 Å². The van der Waals surface area contributed by atoms with Gasteiger partial charge in [-0.15, -0.1) is 0 Å². The molecule has 1 fully saturated rings. The summed E-state index contributed by atoms with van der Waals surface area (Å²) in [4.78, 5) is 24.8. The Kier molecular flexibility index (Phi) is 4.88. The van der Waals surface area contributed by atoms with Crippen molar-refractivity contribution in [3.05, 3.63) is 35.4 Å². The Balaban J connectivity index is 2.14. The zero-order valence-corrected chi connectivity index (χ0v) is 11.5. The van der Waals surface area contributed by atoms with E-state index in [4.69, 9.17) is 0 Å². The molecule has 1 heterocycles. The molecular weight excluding hydrogens is 280 g/mol. The van der Waals surface area contributed by atoms with Gasteiger partial charge in [-0.05, 0) is 24.5 Å². The molecule has 1 N–H and O–H groups in total. The lowest BCUT2D eigenvalue weighted by Gasteiger charge is -2.27. The van der Waals surface area contributed by atoms with E-state index in [0.29, 0.717) is 13.0 Å². The minimum absolute atomic E-state index is 0.0785. The van der Waals surface area contributed by atoms with Crippen molar-refractivity contribution in [3.8, 4) is 0 Å². The summed E-state index contributed by atoms with van der Waals surface area (Å²) >= 11 is 0. The molecule has 0 saturated carbocycles. The van der Waals surface area contributed by atoms with Crippen LogP contribution in [0, 0.1) is 11.6 Å². The summed E-state index contributed by atoms with van der Waals surface area (Å²) in [5, 5.41) is 9.22. The maximum atomic E-state index is 13.6. The molecule has 1 aliphatic rings. The second-order valence-corrected chi connectivity index (χ2v) is 5.20. The SMILES string of the molecule is O=C(O)C1CCCCCN1C(=O)Cc1ccc(F)cc1F. The smallest absolute Gasteiger partial charge is 0.326 e. The molecular formula is C15H17F2NO3. The number of halogens is 2. The maximum Gasteiger partial charge on any atom is 0.326 e. The Morgan fingerprint density at radius 2 is 2.00 bits per heavy atom. The van der Waals surface area contributed by atoms with Crippen molar-refractivity contribution in [2.24, 2.45) is 0 Å². The first-order valence-electron chi connectivity index (χ1n) is 6.95. The molecule has 1 aromatic rings. The molecule has 1 atom stereocenters. The van der Waals surface area contributed by atoms with Crippen molar-refractivity contribution in [3.63, 3.8) is 0 Å². The first kappa shape index (κ1) is 15.4. The summed E-state index contributed by atoms with van der Waals surface area (Å²) in [6.07, 6.45) is 2.52. The molecule has 0 radical (unpaired) electrons. The van der Waals surface area contributed by atoms with Gasteiger partial charge in [0.25, 0.3) is 0 Å². The first-order chi connectivity index (χ1) is 9.99. The largest absolute Gasteiger partial charge is 0.480 e. The fraction of sp³-hybridized carbons (Fsp3) is 0.467. The lowest BCUT2D eigenvalue weighted by molar-refractivity contribution is -0.150. The number of hydrogen-bond acceptors (Lipinski definition) is 2. The zero-order valence-electron chi connectivity index (χ0n) is 11.5. The van der Waals surface area contributed by atoms with E-state index in [1.54, 1.807) is 0 Å². The summed E-state index contributed by atoms with van der Waals surface area (Å²) in [6, 6.07) is 2.17. The summed E-state index contributed by atoms with van der Waals surface area (Å²) in [6.45, 7) is 0.360. The molecule has 1 saturated heterocycles. The van der Waals surface area contributed by atoms with Crippen LogP contribution >= 0.6 is 0 Å². The number of hydrogen-bond donors (Lipinski definition) is 1. The van der Waals surface area contributed by atoms with Gasteiger partial charge in [0.1, 0.15) is 17.7 Å². The van der Waals surface area contributed by atoms with Gasteiger partial charge in [0, 0.05) is 12.6 Å². The summed E-state index contributed by atoms with van der Waals surface area (Å²) < 4.78 is 26.4. The van der Waals surface area contributed by atoms with Gasteiger partial charge in [0.05, 0.1) is 6.42 Å². The molecule has 4 nitrogen and oxygen atoms in total. The minimum atomic E-state index is -1.04. The fourth-order valence-corrected chi connectivity index (χ4v) is 2.59. The highest BCUT2D eigenvalue weighted by atomic mass is 19.1. The number of carbonyl (C=O) groups excluding carboxylic acids is 1. The molecule has 1 aliphatic heterocycles. The molecule has 0 spiro atoms. The number of rotatable bonds is 3. The topological polar surface area (TPSA) is 57.6 Å². The molecule has 114 valence electrons. The van der Waals surface area contributed by atoms with Crippen molar-refractivity contribution in [2.45, 2.75) is 38.1 Å². The van der Waals surface area contributed by atoms with E-state index in [1.165, 1.54) is 11.0 Å². The number of carboxylic acids is 1. The number of aliphatic carboxylic acids is 1. The second-order valence-electron chi connectivity index (χ2n) is 5.20. The van der Waals surface area contributed by atoms with Crippen molar-refractivity contribution < 1.29 is 23.5 Å². The molecule has 1 aromatic carbocycles. The van der Waals surface area contributed by atoms with Crippen LogP contribution in [0.3, 0.4) is 0 Å². The second kappa shape index (κ2) is 6.65. The van der Waals surface area contributed by atoms with Gasteiger partial charge in [0.2, 0.25) is 5.91 Å². The standard InChI is InChI=1S/C15H17F2NO3/c16-11-6-5-10(12(17)9-11)8-14(19)18-7-3-1-2-4-13(18)15(20)21/h5-6,9,13H,1-4,7-8H2,(H,20,21). The van der Waals surface area contributed by atoms with Crippen molar-refractivity contribution >= 4 is 11.9 Å². The number of nitrogens with zero attached hydrogens (tertiary/aromatic N) is 1. The molecule has 1 unspecified atom stereocenters. The Labute approximate surface area is 121 Å². The van der Waals surface area contributed by atoms with E-state index < -0.39 is 29.6 Å². The molecule has 6 heteroatoms. The Bertz CT molecular complexity index is 548. The van der Waals surface area contributed by atoms with Crippen molar-refractivity contribution in [2.75, 3.05) is 6.54 Å². The average molecular weight is 297 g/mol. The molecule has 0 aromatic heterocycles. The Morgan fingerprint density at radius 1 is 1.24 bits per heavy atom. The lowest BCUT2D eigenvalue weighted by atomic mass is 10.1. The zero-order chi connectivity index (χ0) is 15.4. The summed E-state index contributed by atoms with van der Waals surface area (Å²) in [7, 11) is 0. The fourth-order valence-electron chi connectivity index (χ4n) is 2.59. The van der Waals surface area contributed by atoms with Crippen LogP contribution in [0.5, 0.6) is 0 Å². The van der Waals surface area contributed by atoms with Crippen molar-refractivity contribution in [1.82, 2.24) is 4.90 Å². The molecule has 1 amide bonds. The van der Waals surface area contributed by atoms with E-state index in [1.807, 2.05) is 0 Å². The minimum Gasteiger partial charge on any atom is -0.480 e. The number of amides is 1. The predicted octanol–water partition coefficient (Wildman–Crippen LogP) is 2.36. The Morgan fingerprint density at radius 3 is 2.67 bits per heavy atom. The van der Waals surface area contributed by atoms with E-state index in [0.717, 1.165) is 31.4 Å². The predicted molar refractivity (Wildman–Crippen MR) is 71.7 cm³/mol. The third-order valence-electron chi connectivity index (χ3n) is 3.71. The molecule has 0 bridgehead atoms. The van der Waals surface area contributed by atoms with Crippen LogP contribution in [0.15, 0.2) is 18.2 Å². The van der Waals surface area contributed by atoms with Gasteiger partial charge in [-0.25, -0.2) is 13.6 Å². The van der Waals surface area contributed by atoms with Crippen molar-refractivity contribution in [1.29, 1.82) is 0 Å². The van der Waals surface area contributed by atoms with Crippen LogP contribution < -0.4 is 0 Å². The van der Waals surface area contributed by atoms with Crippen LogP contribution in [0.2, 0.25) is 0 Å². The van der Waals surface area contributed by atoms with Gasteiger partial charge in [-0.3, -0.25) is 4.79 Å². The van der Waals surface area contributed by atoms with E-state index in [2.05, 4.69) is 0 Å². The lowest BCUT2D eigenvalue weighted by Crippen LogP contribution is -2.45. The number of likely N-dealkylation sites (tertiary alicyclic amines) is 1. The number of benzene rings is 1. The van der Waals surface area contributed by atoms with Gasteiger partial charge < -0.3 is 10.0 Å². The number of carbonyl (C=O) groups is 2. The monoisotopic (exact) mass is 297 g/mol. The summed E-state index contributed by atoms with van der Waals surface area (Å²) in [5.41, 5.74) is 0.0785. The van der Waals surface area contributed by atoms with Crippen LogP contribution in [-0.2, 0) is 16.0 Å². The van der Waals surface area contributed by atoms with Gasteiger partial charge in [0.15, 0.2) is 0 Å². The van der Waals surface area contributed by atoms with Crippen LogP contribution in [0.4, 0.5) is 8.78 Å². The quantitative estimate of drug-likeness (QED) is 0.932. The average Bonchev–Trinajstić information content (AvgIpc) is 2.67. The highest BCUT2D eigenvalue weighted by molar-refractivity contribution is 5.85. The van der Waals surface area contributed by atoms with Gasteiger partial charge >= 0.3 is 5.97 Å². The van der Waals surface area contributed by atoms with Crippen LogP contribution in [-0.4, -0.2) is 34.5 Å². The number of carboxylic acid groups (broad SMARTS) is 1. The maximum absolute atomic E-state index is 13.6. The van der Waals surface area contributed by atoms with E-state index >= 15 is 0 Å². The Hall–Kier alpha value is -1.98. The highest BCUT2D eigenvalue weighted by Gasteiger charge is 2.30. The normalized spacial score (nSPS) is 19.1. The van der Waals surface area contributed by atoms with Crippen LogP contribution in [0.25, 0.3) is 0 Å².